The van der Waals surface area contributed by atoms with Gasteiger partial charge in [-0.05, 0) is 49.2 Å². The maximum atomic E-state index is 11.9. The molecular weight excluding hydrogens is 358 g/mol. The summed E-state index contributed by atoms with van der Waals surface area (Å²) in [6, 6.07) is 14.6. The highest BCUT2D eigenvalue weighted by Gasteiger charge is 2.05. The average molecular weight is 385 g/mol. The summed E-state index contributed by atoms with van der Waals surface area (Å²) in [4.78, 5) is 23.6. The molecule has 0 heterocycles. The lowest BCUT2D eigenvalue weighted by Gasteiger charge is -2.11. The summed E-state index contributed by atoms with van der Waals surface area (Å²) < 4.78 is 10.6. The highest BCUT2D eigenvalue weighted by atomic mass is 16.5. The number of carbonyl (C=O) groups excluding carboxylic acids is 2. The third kappa shape index (κ3) is 7.67. The molecule has 7 nitrogen and oxygen atoms in total. The Balaban J connectivity index is 1.69. The predicted molar refractivity (Wildman–Crippen MR) is 108 cm³/mol. The van der Waals surface area contributed by atoms with E-state index >= 15 is 0 Å². The first-order valence-electron chi connectivity index (χ1n) is 9.10. The van der Waals surface area contributed by atoms with Gasteiger partial charge in [0.1, 0.15) is 12.4 Å². The number of benzene rings is 2. The first-order chi connectivity index (χ1) is 13.5. The van der Waals surface area contributed by atoms with Crippen molar-refractivity contribution in [2.75, 3.05) is 19.0 Å². The summed E-state index contributed by atoms with van der Waals surface area (Å²) in [5.41, 5.74) is 2.56. The molecule has 0 fully saturated rings. The SMILES string of the molecule is COc1cccc(COCC(=O)NCc2ccc(NC(=O)NC(C)C)cc2)c1. The lowest BCUT2D eigenvalue weighted by atomic mass is 10.2. The summed E-state index contributed by atoms with van der Waals surface area (Å²) >= 11 is 0. The Bertz CT molecular complexity index is 775. The van der Waals surface area contributed by atoms with Crippen molar-refractivity contribution in [2.24, 2.45) is 0 Å². The number of hydrogen-bond acceptors (Lipinski definition) is 4. The van der Waals surface area contributed by atoms with Crippen LogP contribution in [0.25, 0.3) is 0 Å². The fourth-order valence-corrected chi connectivity index (χ4v) is 2.41. The van der Waals surface area contributed by atoms with Crippen molar-refractivity contribution in [2.45, 2.75) is 33.0 Å². The van der Waals surface area contributed by atoms with Crippen molar-refractivity contribution in [3.8, 4) is 5.75 Å². The summed E-state index contributed by atoms with van der Waals surface area (Å²) in [5.74, 6) is 0.562. The molecule has 28 heavy (non-hydrogen) atoms. The Hall–Kier alpha value is -3.06. The largest absolute Gasteiger partial charge is 0.497 e. The van der Waals surface area contributed by atoms with Crippen LogP contribution < -0.4 is 20.7 Å². The number of rotatable bonds is 9. The molecule has 0 saturated heterocycles. The smallest absolute Gasteiger partial charge is 0.319 e. The Morgan fingerprint density at radius 3 is 2.46 bits per heavy atom. The van der Waals surface area contributed by atoms with Crippen molar-refractivity contribution in [3.63, 3.8) is 0 Å². The van der Waals surface area contributed by atoms with Crippen LogP contribution in [-0.2, 0) is 22.7 Å². The summed E-state index contributed by atoms with van der Waals surface area (Å²) in [5, 5.41) is 8.31. The molecule has 2 aromatic carbocycles. The van der Waals surface area contributed by atoms with Crippen LogP contribution in [0.1, 0.15) is 25.0 Å². The normalized spacial score (nSPS) is 10.4. The van der Waals surface area contributed by atoms with Gasteiger partial charge < -0.3 is 25.4 Å². The van der Waals surface area contributed by atoms with Gasteiger partial charge >= 0.3 is 6.03 Å². The molecule has 0 aromatic heterocycles. The van der Waals surface area contributed by atoms with Gasteiger partial charge in [0.05, 0.1) is 13.7 Å². The Morgan fingerprint density at radius 1 is 1.04 bits per heavy atom. The summed E-state index contributed by atoms with van der Waals surface area (Å²) in [7, 11) is 1.61. The Morgan fingerprint density at radius 2 is 1.79 bits per heavy atom. The lowest BCUT2D eigenvalue weighted by molar-refractivity contribution is -0.126. The minimum atomic E-state index is -0.246. The maximum Gasteiger partial charge on any atom is 0.319 e. The van der Waals surface area contributed by atoms with E-state index in [-0.39, 0.29) is 24.6 Å². The number of amides is 3. The van der Waals surface area contributed by atoms with Crippen LogP contribution in [0, 0.1) is 0 Å². The lowest BCUT2D eigenvalue weighted by Crippen LogP contribution is -2.34. The van der Waals surface area contributed by atoms with Crippen molar-refractivity contribution in [1.82, 2.24) is 10.6 Å². The van der Waals surface area contributed by atoms with Gasteiger partial charge in [0.25, 0.3) is 0 Å². The topological polar surface area (TPSA) is 88.7 Å². The van der Waals surface area contributed by atoms with Crippen LogP contribution >= 0.6 is 0 Å². The molecule has 150 valence electrons. The first-order valence-corrected chi connectivity index (χ1v) is 9.10. The number of nitrogens with one attached hydrogen (secondary N) is 3. The van der Waals surface area contributed by atoms with Gasteiger partial charge in [-0.2, -0.15) is 0 Å². The molecule has 3 N–H and O–H groups in total. The number of urea groups is 1. The highest BCUT2D eigenvalue weighted by molar-refractivity contribution is 5.89. The van der Waals surface area contributed by atoms with E-state index in [0.29, 0.717) is 18.8 Å². The summed E-state index contributed by atoms with van der Waals surface area (Å²) in [6.45, 7) is 4.49. The fraction of sp³-hybridized carbons (Fsp3) is 0.333. The second kappa shape index (κ2) is 10.9. The van der Waals surface area contributed by atoms with Crippen LogP contribution in [-0.4, -0.2) is 31.7 Å². The highest BCUT2D eigenvalue weighted by Crippen LogP contribution is 2.13. The van der Waals surface area contributed by atoms with Crippen LogP contribution in [0.2, 0.25) is 0 Å². The zero-order chi connectivity index (χ0) is 20.4. The molecule has 0 bridgehead atoms. The zero-order valence-corrected chi connectivity index (χ0v) is 16.5. The Labute approximate surface area is 165 Å². The van der Waals surface area contributed by atoms with E-state index in [2.05, 4.69) is 16.0 Å². The number of ether oxygens (including phenoxy) is 2. The van der Waals surface area contributed by atoms with Crippen LogP contribution in [0.5, 0.6) is 5.75 Å². The molecule has 0 saturated carbocycles. The van der Waals surface area contributed by atoms with E-state index in [1.807, 2.05) is 50.2 Å². The van der Waals surface area contributed by atoms with Crippen LogP contribution in [0.4, 0.5) is 10.5 Å². The Kier molecular flexibility index (Phi) is 8.30. The van der Waals surface area contributed by atoms with Gasteiger partial charge in [0.15, 0.2) is 0 Å². The number of hydrogen-bond donors (Lipinski definition) is 3. The number of carbonyl (C=O) groups is 2. The molecule has 0 radical (unpaired) electrons. The van der Waals surface area contributed by atoms with Gasteiger partial charge in [-0.25, -0.2) is 4.79 Å². The van der Waals surface area contributed by atoms with Crippen LogP contribution in [0.15, 0.2) is 48.5 Å². The average Bonchev–Trinajstić information content (AvgIpc) is 2.67. The minimum Gasteiger partial charge on any atom is -0.497 e. The van der Waals surface area contributed by atoms with Crippen molar-refractivity contribution in [3.05, 3.63) is 59.7 Å². The predicted octanol–water partition coefficient (Wildman–Crippen LogP) is 3.06. The van der Waals surface area contributed by atoms with Gasteiger partial charge in [0.2, 0.25) is 5.91 Å². The number of anilines is 1. The van der Waals surface area contributed by atoms with Gasteiger partial charge in [-0.15, -0.1) is 0 Å². The molecule has 0 aliphatic rings. The fourth-order valence-electron chi connectivity index (χ4n) is 2.41. The van der Waals surface area contributed by atoms with Crippen LogP contribution in [0.3, 0.4) is 0 Å². The second-order valence-corrected chi connectivity index (χ2v) is 6.57. The van der Waals surface area contributed by atoms with Gasteiger partial charge in [0, 0.05) is 18.3 Å². The van der Waals surface area contributed by atoms with Gasteiger partial charge in [-0.1, -0.05) is 24.3 Å². The second-order valence-electron chi connectivity index (χ2n) is 6.57. The molecular formula is C21H27N3O4. The third-order valence-corrected chi connectivity index (χ3v) is 3.76. The van der Waals surface area contributed by atoms with E-state index in [1.165, 1.54) is 0 Å². The minimum absolute atomic E-state index is 0.0216. The van der Waals surface area contributed by atoms with E-state index in [1.54, 1.807) is 19.2 Å². The van der Waals surface area contributed by atoms with E-state index in [9.17, 15) is 9.59 Å². The zero-order valence-electron chi connectivity index (χ0n) is 16.5. The molecule has 0 aliphatic carbocycles. The monoisotopic (exact) mass is 385 g/mol. The van der Waals surface area contributed by atoms with E-state index < -0.39 is 0 Å². The first kappa shape index (κ1) is 21.2. The standard InChI is InChI=1S/C21H27N3O4/c1-15(2)23-21(26)24-18-9-7-16(8-10-18)12-22-20(25)14-28-13-17-5-4-6-19(11-17)27-3/h4-11,15H,12-14H2,1-3H3,(H,22,25)(H2,23,24,26). The third-order valence-electron chi connectivity index (χ3n) is 3.76. The summed E-state index contributed by atoms with van der Waals surface area (Å²) in [6.07, 6.45) is 0. The molecule has 0 spiro atoms. The molecule has 0 unspecified atom stereocenters. The quantitative estimate of drug-likeness (QED) is 0.619. The van der Waals surface area contributed by atoms with Crippen molar-refractivity contribution in [1.29, 1.82) is 0 Å². The van der Waals surface area contributed by atoms with Gasteiger partial charge in [-0.3, -0.25) is 4.79 Å². The molecule has 7 heteroatoms. The molecule has 0 atom stereocenters. The van der Waals surface area contributed by atoms with Crippen molar-refractivity contribution < 1.29 is 19.1 Å². The molecule has 3 amide bonds. The molecule has 2 rings (SSSR count). The van der Waals surface area contributed by atoms with Crippen molar-refractivity contribution >= 4 is 17.6 Å². The van der Waals surface area contributed by atoms with E-state index in [4.69, 9.17) is 9.47 Å². The molecule has 2 aromatic rings. The molecule has 0 aliphatic heterocycles. The number of methoxy groups -OCH3 is 1. The van der Waals surface area contributed by atoms with E-state index in [0.717, 1.165) is 16.9 Å². The maximum absolute atomic E-state index is 11.9.